The minimum absolute atomic E-state index is 0.134. The molecule has 0 rings (SSSR count). The Morgan fingerprint density at radius 3 is 2.00 bits per heavy atom. The van der Waals surface area contributed by atoms with Gasteiger partial charge in [0.05, 0.1) is 19.3 Å². The predicted octanol–water partition coefficient (Wildman–Crippen LogP) is 1.42. The molecule has 0 aliphatic rings. The normalized spacial score (nSPS) is 13.9. The van der Waals surface area contributed by atoms with Crippen molar-refractivity contribution in [2.75, 3.05) is 20.3 Å². The predicted molar refractivity (Wildman–Crippen MR) is 43.5 cm³/mol. The highest BCUT2D eigenvalue weighted by Crippen LogP contribution is 1.92. The molecule has 0 fully saturated rings. The average Bonchev–Trinajstić information content (AvgIpc) is 1.97. The smallest absolute Gasteiger partial charge is 0.154 e. The first-order chi connectivity index (χ1) is 5.16. The second-order valence-corrected chi connectivity index (χ2v) is 2.59. The lowest BCUT2D eigenvalue weighted by Gasteiger charge is -2.12. The molecule has 3 heteroatoms. The van der Waals surface area contributed by atoms with E-state index in [2.05, 4.69) is 0 Å². The number of ether oxygens (including phenoxy) is 3. The Bertz CT molecular complexity index is 83.4. The zero-order chi connectivity index (χ0) is 8.69. The Morgan fingerprint density at radius 2 is 1.55 bits per heavy atom. The zero-order valence-corrected chi connectivity index (χ0v) is 7.79. The van der Waals surface area contributed by atoms with Crippen LogP contribution in [0.15, 0.2) is 0 Å². The van der Waals surface area contributed by atoms with E-state index in [1.807, 2.05) is 20.8 Å². The van der Waals surface area contributed by atoms with Gasteiger partial charge < -0.3 is 14.2 Å². The lowest BCUT2D eigenvalue weighted by atomic mass is 10.5. The van der Waals surface area contributed by atoms with Crippen LogP contribution in [0.4, 0.5) is 0 Å². The summed E-state index contributed by atoms with van der Waals surface area (Å²) in [4.78, 5) is 0. The van der Waals surface area contributed by atoms with Gasteiger partial charge in [0.25, 0.3) is 0 Å². The van der Waals surface area contributed by atoms with Crippen LogP contribution in [0.3, 0.4) is 0 Å². The van der Waals surface area contributed by atoms with Crippen molar-refractivity contribution in [3.63, 3.8) is 0 Å². The number of hydrogen-bond acceptors (Lipinski definition) is 3. The van der Waals surface area contributed by atoms with Gasteiger partial charge in [-0.25, -0.2) is 0 Å². The molecule has 1 unspecified atom stereocenters. The number of rotatable bonds is 6. The highest BCUT2D eigenvalue weighted by Gasteiger charge is 1.98. The molecule has 0 saturated carbocycles. The third kappa shape index (κ3) is 7.78. The van der Waals surface area contributed by atoms with Gasteiger partial charge in [0.2, 0.25) is 0 Å². The Hall–Kier alpha value is -0.120. The van der Waals surface area contributed by atoms with Gasteiger partial charge in [-0.05, 0) is 20.8 Å². The maximum atomic E-state index is 5.26. The first-order valence-electron chi connectivity index (χ1n) is 3.92. The van der Waals surface area contributed by atoms with Gasteiger partial charge in [0, 0.05) is 7.11 Å². The van der Waals surface area contributed by atoms with Crippen molar-refractivity contribution in [1.82, 2.24) is 0 Å². The minimum atomic E-state index is -0.134. The Morgan fingerprint density at radius 1 is 1.00 bits per heavy atom. The van der Waals surface area contributed by atoms with E-state index in [4.69, 9.17) is 14.2 Å². The van der Waals surface area contributed by atoms with Crippen LogP contribution in [0.2, 0.25) is 0 Å². The fourth-order valence-electron chi connectivity index (χ4n) is 0.566. The summed E-state index contributed by atoms with van der Waals surface area (Å²) in [6, 6.07) is 0. The molecule has 0 bridgehead atoms. The van der Waals surface area contributed by atoms with E-state index in [-0.39, 0.29) is 12.4 Å². The van der Waals surface area contributed by atoms with Crippen LogP contribution in [0.5, 0.6) is 0 Å². The SMILES string of the molecule is COC(C)OCCOC(C)C. The highest BCUT2D eigenvalue weighted by atomic mass is 16.7. The van der Waals surface area contributed by atoms with Gasteiger partial charge in [-0.2, -0.15) is 0 Å². The molecule has 11 heavy (non-hydrogen) atoms. The molecule has 0 aromatic rings. The number of methoxy groups -OCH3 is 1. The Kier molecular flexibility index (Phi) is 6.51. The summed E-state index contributed by atoms with van der Waals surface area (Å²) in [5, 5.41) is 0. The molecular formula is C8H18O3. The molecular weight excluding hydrogens is 144 g/mol. The molecule has 0 N–H and O–H groups in total. The monoisotopic (exact) mass is 162 g/mol. The van der Waals surface area contributed by atoms with Crippen LogP contribution >= 0.6 is 0 Å². The summed E-state index contributed by atoms with van der Waals surface area (Å²) in [6.45, 7) is 7.08. The van der Waals surface area contributed by atoms with Crippen LogP contribution in [0, 0.1) is 0 Å². The second-order valence-electron chi connectivity index (χ2n) is 2.59. The van der Waals surface area contributed by atoms with Crippen LogP contribution in [0.25, 0.3) is 0 Å². The third-order valence-corrected chi connectivity index (χ3v) is 1.22. The van der Waals surface area contributed by atoms with E-state index in [9.17, 15) is 0 Å². The summed E-state index contributed by atoms with van der Waals surface area (Å²) >= 11 is 0. The standard InChI is InChI=1S/C8H18O3/c1-7(2)10-5-6-11-8(3)9-4/h7-8H,5-6H2,1-4H3. The lowest BCUT2D eigenvalue weighted by molar-refractivity contribution is -0.124. The van der Waals surface area contributed by atoms with E-state index in [0.717, 1.165) is 0 Å². The fraction of sp³-hybridized carbons (Fsp3) is 1.00. The van der Waals surface area contributed by atoms with Crippen molar-refractivity contribution in [3.8, 4) is 0 Å². The summed E-state index contributed by atoms with van der Waals surface area (Å²) in [5.41, 5.74) is 0. The molecule has 0 aromatic carbocycles. The minimum Gasteiger partial charge on any atom is -0.376 e. The van der Waals surface area contributed by atoms with Crippen molar-refractivity contribution in [2.45, 2.75) is 33.2 Å². The summed E-state index contributed by atoms with van der Waals surface area (Å²) < 4.78 is 15.3. The van der Waals surface area contributed by atoms with Gasteiger partial charge >= 0.3 is 0 Å². The van der Waals surface area contributed by atoms with Crippen LogP contribution < -0.4 is 0 Å². The van der Waals surface area contributed by atoms with Crippen molar-refractivity contribution < 1.29 is 14.2 Å². The van der Waals surface area contributed by atoms with E-state index < -0.39 is 0 Å². The van der Waals surface area contributed by atoms with Crippen LogP contribution in [0.1, 0.15) is 20.8 Å². The first kappa shape index (κ1) is 10.9. The van der Waals surface area contributed by atoms with Gasteiger partial charge in [0.15, 0.2) is 6.29 Å². The zero-order valence-electron chi connectivity index (χ0n) is 7.79. The fourth-order valence-corrected chi connectivity index (χ4v) is 0.566. The van der Waals surface area contributed by atoms with Gasteiger partial charge in [-0.1, -0.05) is 0 Å². The average molecular weight is 162 g/mol. The van der Waals surface area contributed by atoms with E-state index in [1.54, 1.807) is 7.11 Å². The van der Waals surface area contributed by atoms with Crippen LogP contribution in [-0.4, -0.2) is 32.7 Å². The van der Waals surface area contributed by atoms with E-state index >= 15 is 0 Å². The first-order valence-corrected chi connectivity index (χ1v) is 3.92. The molecule has 0 spiro atoms. The highest BCUT2D eigenvalue weighted by molar-refractivity contribution is 4.37. The van der Waals surface area contributed by atoms with E-state index in [1.165, 1.54) is 0 Å². The molecule has 0 heterocycles. The molecule has 0 saturated heterocycles. The van der Waals surface area contributed by atoms with Crippen LogP contribution in [-0.2, 0) is 14.2 Å². The van der Waals surface area contributed by atoms with Gasteiger partial charge in [-0.3, -0.25) is 0 Å². The van der Waals surface area contributed by atoms with Gasteiger partial charge in [-0.15, -0.1) is 0 Å². The van der Waals surface area contributed by atoms with E-state index in [0.29, 0.717) is 13.2 Å². The third-order valence-electron chi connectivity index (χ3n) is 1.22. The Balaban J connectivity index is 3.01. The molecule has 1 atom stereocenters. The number of hydrogen-bond donors (Lipinski definition) is 0. The summed E-state index contributed by atoms with van der Waals surface area (Å²) in [6.07, 6.45) is 0.141. The molecule has 0 radical (unpaired) electrons. The molecule has 0 aliphatic carbocycles. The topological polar surface area (TPSA) is 27.7 Å². The largest absolute Gasteiger partial charge is 0.376 e. The summed E-state index contributed by atoms with van der Waals surface area (Å²) in [5.74, 6) is 0. The van der Waals surface area contributed by atoms with Crippen molar-refractivity contribution in [3.05, 3.63) is 0 Å². The van der Waals surface area contributed by atoms with Crippen molar-refractivity contribution in [2.24, 2.45) is 0 Å². The molecule has 3 nitrogen and oxygen atoms in total. The summed E-state index contributed by atoms with van der Waals surface area (Å²) in [7, 11) is 1.62. The Labute approximate surface area is 68.6 Å². The molecule has 0 aliphatic heterocycles. The molecule has 0 amide bonds. The quantitative estimate of drug-likeness (QED) is 0.436. The molecule has 0 aromatic heterocycles. The second kappa shape index (κ2) is 6.58. The van der Waals surface area contributed by atoms with Gasteiger partial charge in [0.1, 0.15) is 0 Å². The maximum absolute atomic E-state index is 5.26. The molecule has 68 valence electrons. The van der Waals surface area contributed by atoms with Crippen molar-refractivity contribution >= 4 is 0 Å². The lowest BCUT2D eigenvalue weighted by Crippen LogP contribution is -2.16. The van der Waals surface area contributed by atoms with Crippen molar-refractivity contribution in [1.29, 1.82) is 0 Å². The maximum Gasteiger partial charge on any atom is 0.154 e.